The minimum Gasteiger partial charge on any atom is -0.497 e. The van der Waals surface area contributed by atoms with Crippen LogP contribution in [0, 0.1) is 5.92 Å². The number of thioether (sulfide) groups is 1. The van der Waals surface area contributed by atoms with Gasteiger partial charge in [-0.05, 0) is 37.0 Å². The topological polar surface area (TPSA) is 29.5 Å². The van der Waals surface area contributed by atoms with E-state index in [4.69, 9.17) is 4.74 Å². The maximum atomic E-state index is 12.1. The van der Waals surface area contributed by atoms with E-state index in [-0.39, 0.29) is 5.91 Å². The first-order valence-electron chi connectivity index (χ1n) is 6.73. The minimum atomic E-state index is 0.249. The monoisotopic (exact) mass is 279 g/mol. The van der Waals surface area contributed by atoms with E-state index in [1.54, 1.807) is 18.9 Å². The lowest BCUT2D eigenvalue weighted by atomic mass is 10.0. The number of rotatable bonds is 4. The number of amides is 1. The Kier molecular flexibility index (Phi) is 5.14. The van der Waals surface area contributed by atoms with Gasteiger partial charge in [0.1, 0.15) is 5.75 Å². The number of carbonyl (C=O) groups is 1. The Labute approximate surface area is 119 Å². The number of ether oxygens (including phenoxy) is 1. The van der Waals surface area contributed by atoms with E-state index in [0.29, 0.717) is 11.7 Å². The van der Waals surface area contributed by atoms with Gasteiger partial charge in [0, 0.05) is 18.0 Å². The van der Waals surface area contributed by atoms with E-state index in [0.717, 1.165) is 30.2 Å². The van der Waals surface area contributed by atoms with Crippen LogP contribution in [-0.4, -0.2) is 36.8 Å². The average molecular weight is 279 g/mol. The van der Waals surface area contributed by atoms with Gasteiger partial charge in [-0.3, -0.25) is 4.79 Å². The van der Waals surface area contributed by atoms with Gasteiger partial charge in [-0.25, -0.2) is 0 Å². The summed E-state index contributed by atoms with van der Waals surface area (Å²) in [5.74, 6) is 2.24. The normalized spacial score (nSPS) is 19.3. The van der Waals surface area contributed by atoms with Crippen LogP contribution in [0.1, 0.15) is 19.8 Å². The van der Waals surface area contributed by atoms with Gasteiger partial charge in [-0.2, -0.15) is 0 Å². The summed E-state index contributed by atoms with van der Waals surface area (Å²) < 4.78 is 5.18. The van der Waals surface area contributed by atoms with E-state index in [9.17, 15) is 4.79 Å². The number of hydrogen-bond donors (Lipinski definition) is 0. The fourth-order valence-corrected chi connectivity index (χ4v) is 3.19. The zero-order valence-electron chi connectivity index (χ0n) is 11.6. The van der Waals surface area contributed by atoms with Crippen molar-refractivity contribution < 1.29 is 9.53 Å². The minimum absolute atomic E-state index is 0.249. The van der Waals surface area contributed by atoms with Crippen molar-refractivity contribution in [1.29, 1.82) is 0 Å². The predicted octanol–water partition coefficient (Wildman–Crippen LogP) is 3.05. The van der Waals surface area contributed by atoms with Crippen LogP contribution in [0.5, 0.6) is 5.75 Å². The van der Waals surface area contributed by atoms with E-state index >= 15 is 0 Å². The van der Waals surface area contributed by atoms with Crippen molar-refractivity contribution in [3.05, 3.63) is 24.3 Å². The Morgan fingerprint density at radius 3 is 3.11 bits per heavy atom. The second-order valence-electron chi connectivity index (χ2n) is 5.05. The molecule has 0 aromatic heterocycles. The maximum Gasteiger partial charge on any atom is 0.232 e. The van der Waals surface area contributed by atoms with Gasteiger partial charge in [0.2, 0.25) is 5.91 Å². The van der Waals surface area contributed by atoms with Gasteiger partial charge in [0.15, 0.2) is 0 Å². The Balaban J connectivity index is 1.85. The Morgan fingerprint density at radius 1 is 1.53 bits per heavy atom. The predicted molar refractivity (Wildman–Crippen MR) is 78.7 cm³/mol. The molecular formula is C15H21NO2S. The lowest BCUT2D eigenvalue weighted by Crippen LogP contribution is -2.40. The standard InChI is InChI=1S/C15H21NO2S/c1-12-5-4-8-16(10-12)15(17)11-19-14-7-3-6-13(9-14)18-2/h3,6-7,9,12H,4-5,8,10-11H2,1-2H3. The van der Waals surface area contributed by atoms with E-state index in [2.05, 4.69) is 6.92 Å². The molecule has 1 fully saturated rings. The molecule has 1 saturated heterocycles. The Morgan fingerprint density at radius 2 is 2.37 bits per heavy atom. The summed E-state index contributed by atoms with van der Waals surface area (Å²) in [4.78, 5) is 15.2. The number of methoxy groups -OCH3 is 1. The van der Waals surface area contributed by atoms with Crippen molar-refractivity contribution in [2.24, 2.45) is 5.92 Å². The molecule has 1 aromatic carbocycles. The van der Waals surface area contributed by atoms with Crippen LogP contribution in [0.2, 0.25) is 0 Å². The van der Waals surface area contributed by atoms with Gasteiger partial charge in [-0.1, -0.05) is 13.0 Å². The van der Waals surface area contributed by atoms with Gasteiger partial charge in [0.05, 0.1) is 12.9 Å². The molecular weight excluding hydrogens is 258 g/mol. The third kappa shape index (κ3) is 4.16. The largest absolute Gasteiger partial charge is 0.497 e. The molecule has 1 unspecified atom stereocenters. The summed E-state index contributed by atoms with van der Waals surface area (Å²) in [7, 11) is 1.66. The molecule has 1 aliphatic heterocycles. The first-order valence-corrected chi connectivity index (χ1v) is 7.72. The van der Waals surface area contributed by atoms with Crippen molar-refractivity contribution in [1.82, 2.24) is 4.90 Å². The molecule has 19 heavy (non-hydrogen) atoms. The van der Waals surface area contributed by atoms with Crippen LogP contribution in [0.15, 0.2) is 29.2 Å². The molecule has 0 N–H and O–H groups in total. The maximum absolute atomic E-state index is 12.1. The molecule has 0 bridgehead atoms. The van der Waals surface area contributed by atoms with Crippen LogP contribution in [0.3, 0.4) is 0 Å². The highest BCUT2D eigenvalue weighted by Crippen LogP contribution is 2.24. The summed E-state index contributed by atoms with van der Waals surface area (Å²) in [6.45, 7) is 4.05. The molecule has 0 saturated carbocycles. The van der Waals surface area contributed by atoms with Crippen molar-refractivity contribution >= 4 is 17.7 Å². The second kappa shape index (κ2) is 6.85. The first kappa shape index (κ1) is 14.3. The summed E-state index contributed by atoms with van der Waals surface area (Å²) >= 11 is 1.58. The van der Waals surface area contributed by atoms with E-state index < -0.39 is 0 Å². The fourth-order valence-electron chi connectivity index (χ4n) is 2.34. The van der Waals surface area contributed by atoms with Crippen LogP contribution in [0.4, 0.5) is 0 Å². The smallest absolute Gasteiger partial charge is 0.232 e. The zero-order valence-corrected chi connectivity index (χ0v) is 12.4. The molecule has 0 radical (unpaired) electrons. The van der Waals surface area contributed by atoms with Gasteiger partial charge < -0.3 is 9.64 Å². The van der Waals surface area contributed by atoms with Crippen LogP contribution in [0.25, 0.3) is 0 Å². The molecule has 3 nitrogen and oxygen atoms in total. The number of piperidine rings is 1. The summed E-state index contributed by atoms with van der Waals surface area (Å²) in [5.41, 5.74) is 0. The highest BCUT2D eigenvalue weighted by atomic mass is 32.2. The quantitative estimate of drug-likeness (QED) is 0.793. The zero-order chi connectivity index (χ0) is 13.7. The lowest BCUT2D eigenvalue weighted by Gasteiger charge is -2.30. The van der Waals surface area contributed by atoms with Gasteiger partial charge in [-0.15, -0.1) is 11.8 Å². The number of likely N-dealkylation sites (tertiary alicyclic amines) is 1. The van der Waals surface area contributed by atoms with Crippen molar-refractivity contribution in [3.8, 4) is 5.75 Å². The third-order valence-corrected chi connectivity index (χ3v) is 4.39. The number of hydrogen-bond acceptors (Lipinski definition) is 3. The van der Waals surface area contributed by atoms with Crippen LogP contribution in [-0.2, 0) is 4.79 Å². The molecule has 1 amide bonds. The van der Waals surface area contributed by atoms with Crippen molar-refractivity contribution in [3.63, 3.8) is 0 Å². The third-order valence-electron chi connectivity index (χ3n) is 3.41. The second-order valence-corrected chi connectivity index (χ2v) is 6.10. The molecule has 1 heterocycles. The van der Waals surface area contributed by atoms with E-state index in [1.165, 1.54) is 6.42 Å². The molecule has 0 spiro atoms. The lowest BCUT2D eigenvalue weighted by molar-refractivity contribution is -0.130. The molecule has 4 heteroatoms. The number of carbonyl (C=O) groups excluding carboxylic acids is 1. The number of benzene rings is 1. The molecule has 1 atom stereocenters. The molecule has 104 valence electrons. The van der Waals surface area contributed by atoms with Crippen molar-refractivity contribution in [2.45, 2.75) is 24.7 Å². The summed E-state index contributed by atoms with van der Waals surface area (Å²) in [6.07, 6.45) is 2.38. The highest BCUT2D eigenvalue weighted by Gasteiger charge is 2.20. The van der Waals surface area contributed by atoms with Gasteiger partial charge in [0.25, 0.3) is 0 Å². The fraction of sp³-hybridized carbons (Fsp3) is 0.533. The first-order chi connectivity index (χ1) is 9.19. The van der Waals surface area contributed by atoms with Crippen LogP contribution < -0.4 is 4.74 Å². The van der Waals surface area contributed by atoms with E-state index in [1.807, 2.05) is 29.2 Å². The summed E-state index contributed by atoms with van der Waals surface area (Å²) in [6, 6.07) is 7.85. The summed E-state index contributed by atoms with van der Waals surface area (Å²) in [5, 5.41) is 0. The average Bonchev–Trinajstić information content (AvgIpc) is 2.45. The highest BCUT2D eigenvalue weighted by molar-refractivity contribution is 8.00. The molecule has 2 rings (SSSR count). The SMILES string of the molecule is COc1cccc(SCC(=O)N2CCCC(C)C2)c1. The Hall–Kier alpha value is -1.16. The Bertz CT molecular complexity index is 436. The number of nitrogens with zero attached hydrogens (tertiary/aromatic N) is 1. The van der Waals surface area contributed by atoms with Crippen molar-refractivity contribution in [2.75, 3.05) is 26.0 Å². The molecule has 1 aromatic rings. The van der Waals surface area contributed by atoms with Crippen LogP contribution >= 0.6 is 11.8 Å². The molecule has 0 aliphatic carbocycles. The van der Waals surface area contributed by atoms with Gasteiger partial charge >= 0.3 is 0 Å². The molecule has 1 aliphatic rings.